The Bertz CT molecular complexity index is 3340. The number of hydrogen-bond acceptors (Lipinski definition) is 2. The van der Waals surface area contributed by atoms with Gasteiger partial charge in [0.2, 0.25) is 0 Å². The Balaban J connectivity index is 0.957. The lowest BCUT2D eigenvalue weighted by Crippen LogP contribution is -2.13. The predicted molar refractivity (Wildman–Crippen MR) is 273 cm³/mol. The lowest BCUT2D eigenvalue weighted by atomic mass is 9.84. The van der Waals surface area contributed by atoms with Crippen molar-refractivity contribution < 1.29 is 0 Å². The van der Waals surface area contributed by atoms with Crippen molar-refractivity contribution in [1.29, 1.82) is 0 Å². The van der Waals surface area contributed by atoms with Gasteiger partial charge in [0.25, 0.3) is 0 Å². The van der Waals surface area contributed by atoms with Gasteiger partial charge in [-0.3, -0.25) is 0 Å². The molecule has 0 N–H and O–H groups in total. The quantitative estimate of drug-likeness (QED) is 0.143. The summed E-state index contributed by atoms with van der Waals surface area (Å²) in [6.45, 7) is 0. The minimum absolute atomic E-state index is 0.962. The van der Waals surface area contributed by atoms with Gasteiger partial charge in [-0.15, -0.1) is 0 Å². The van der Waals surface area contributed by atoms with Crippen LogP contribution in [-0.2, 0) is 12.8 Å². The lowest BCUT2D eigenvalue weighted by molar-refractivity contribution is 1.22. The van der Waals surface area contributed by atoms with Crippen LogP contribution >= 0.6 is 0 Å². The third-order valence-corrected chi connectivity index (χ3v) is 13.0. The summed E-state index contributed by atoms with van der Waals surface area (Å²) in [4.78, 5) is 4.86. The zero-order chi connectivity index (χ0) is 42.4. The number of fused-ring (bicyclic) bond motifs is 1. The van der Waals surface area contributed by atoms with Crippen LogP contribution < -0.4 is 9.80 Å². The minimum Gasteiger partial charge on any atom is -0.310 e. The van der Waals surface area contributed by atoms with E-state index < -0.39 is 0 Å². The third-order valence-electron chi connectivity index (χ3n) is 13.0. The van der Waals surface area contributed by atoms with E-state index in [0.717, 1.165) is 46.8 Å². The number of nitrogens with zero attached hydrogens (tertiary/aromatic N) is 2. The van der Waals surface area contributed by atoms with E-state index >= 15 is 0 Å². The largest absolute Gasteiger partial charge is 0.310 e. The average molecular weight is 817 g/mol. The van der Waals surface area contributed by atoms with Crippen LogP contribution in [0.15, 0.2) is 231 Å². The van der Waals surface area contributed by atoms with Crippen molar-refractivity contribution in [2.45, 2.75) is 12.8 Å². The molecular formula is C62H44N2. The minimum atomic E-state index is 0.962. The summed E-state index contributed by atoms with van der Waals surface area (Å²) in [5, 5.41) is 5.22. The maximum atomic E-state index is 2.43. The first kappa shape index (κ1) is 37.6. The molecule has 12 rings (SSSR count). The SMILES string of the molecule is C1=Cc2cc(N(c3ccccc3)c3ccc(-c4ccc(N(c5cc(-c6ccccc6)cc(-c6ccccc6)c5)c5cccc6ccccc56)cc4)cc3)c3c4c(ccc(c24)C1)CC=C3. The molecule has 0 fully saturated rings. The number of allylic oxidation sites excluding steroid dienone is 2. The first-order valence-electron chi connectivity index (χ1n) is 22.3. The average Bonchev–Trinajstić information content (AvgIpc) is 3.37. The molecule has 0 atom stereocenters. The molecule has 0 radical (unpaired) electrons. The van der Waals surface area contributed by atoms with Gasteiger partial charge in [-0.05, 0) is 146 Å². The molecule has 0 aromatic heterocycles. The van der Waals surface area contributed by atoms with Gasteiger partial charge in [0.15, 0.2) is 0 Å². The highest BCUT2D eigenvalue weighted by Gasteiger charge is 2.24. The molecule has 0 amide bonds. The van der Waals surface area contributed by atoms with E-state index in [9.17, 15) is 0 Å². The van der Waals surface area contributed by atoms with Gasteiger partial charge >= 0.3 is 0 Å². The topological polar surface area (TPSA) is 6.48 Å². The molecule has 0 unspecified atom stereocenters. The predicted octanol–water partition coefficient (Wildman–Crippen LogP) is 17.1. The van der Waals surface area contributed by atoms with E-state index in [4.69, 9.17) is 0 Å². The summed E-state index contributed by atoms with van der Waals surface area (Å²) in [6, 6.07) is 79.8. The van der Waals surface area contributed by atoms with Crippen molar-refractivity contribution in [3.05, 3.63) is 253 Å². The Kier molecular flexibility index (Phi) is 9.34. The molecule has 0 saturated heterocycles. The van der Waals surface area contributed by atoms with Crippen molar-refractivity contribution in [1.82, 2.24) is 0 Å². The molecule has 302 valence electrons. The van der Waals surface area contributed by atoms with Gasteiger partial charge < -0.3 is 9.80 Å². The normalized spacial score (nSPS) is 12.4. The Hall–Kier alpha value is -8.20. The van der Waals surface area contributed by atoms with E-state index in [2.05, 4.69) is 252 Å². The molecular weight excluding hydrogens is 773 g/mol. The molecule has 10 aromatic rings. The highest BCUT2D eigenvalue weighted by molar-refractivity contribution is 6.08. The molecule has 0 bridgehead atoms. The van der Waals surface area contributed by atoms with Crippen LogP contribution in [-0.4, -0.2) is 0 Å². The van der Waals surface area contributed by atoms with E-state index in [1.54, 1.807) is 0 Å². The van der Waals surface area contributed by atoms with Crippen molar-refractivity contribution in [2.24, 2.45) is 0 Å². The van der Waals surface area contributed by atoms with Crippen LogP contribution in [0.4, 0.5) is 34.1 Å². The molecule has 2 heteroatoms. The second-order valence-electron chi connectivity index (χ2n) is 16.8. The van der Waals surface area contributed by atoms with Crippen molar-refractivity contribution in [3.63, 3.8) is 0 Å². The van der Waals surface area contributed by atoms with Crippen molar-refractivity contribution in [2.75, 3.05) is 9.80 Å². The molecule has 10 aromatic carbocycles. The van der Waals surface area contributed by atoms with Gasteiger partial charge in [0.05, 0.1) is 11.4 Å². The third kappa shape index (κ3) is 6.68. The molecule has 64 heavy (non-hydrogen) atoms. The number of hydrogen-bond donors (Lipinski definition) is 0. The van der Waals surface area contributed by atoms with Gasteiger partial charge in [0, 0.05) is 33.7 Å². The van der Waals surface area contributed by atoms with Crippen LogP contribution in [0.25, 0.3) is 67.1 Å². The number of benzene rings is 10. The lowest BCUT2D eigenvalue weighted by Gasteiger charge is -2.31. The Morgan fingerprint density at radius 2 is 0.812 bits per heavy atom. The van der Waals surface area contributed by atoms with Gasteiger partial charge in [-0.1, -0.05) is 176 Å². The number of anilines is 6. The van der Waals surface area contributed by atoms with Crippen molar-refractivity contribution >= 4 is 67.8 Å². The van der Waals surface area contributed by atoms with Crippen LogP contribution in [0.2, 0.25) is 0 Å². The highest BCUT2D eigenvalue weighted by Crippen LogP contribution is 2.47. The summed E-state index contributed by atoms with van der Waals surface area (Å²) in [5.74, 6) is 0. The summed E-state index contributed by atoms with van der Waals surface area (Å²) >= 11 is 0. The summed E-state index contributed by atoms with van der Waals surface area (Å²) in [6.07, 6.45) is 11.2. The molecule has 0 aliphatic heterocycles. The summed E-state index contributed by atoms with van der Waals surface area (Å²) in [7, 11) is 0. The zero-order valence-corrected chi connectivity index (χ0v) is 35.4. The Morgan fingerprint density at radius 3 is 1.45 bits per heavy atom. The van der Waals surface area contributed by atoms with Crippen LogP contribution in [0.1, 0.15) is 22.3 Å². The summed E-state index contributed by atoms with van der Waals surface area (Å²) < 4.78 is 0. The van der Waals surface area contributed by atoms with Crippen molar-refractivity contribution in [3.8, 4) is 33.4 Å². The highest BCUT2D eigenvalue weighted by atomic mass is 15.1. The van der Waals surface area contributed by atoms with E-state index in [-0.39, 0.29) is 0 Å². The van der Waals surface area contributed by atoms with Gasteiger partial charge in [-0.2, -0.15) is 0 Å². The molecule has 0 heterocycles. The van der Waals surface area contributed by atoms with Gasteiger partial charge in [-0.25, -0.2) is 0 Å². The first-order valence-corrected chi connectivity index (χ1v) is 22.3. The smallest absolute Gasteiger partial charge is 0.0546 e. The van der Waals surface area contributed by atoms with Crippen LogP contribution in [0, 0.1) is 0 Å². The van der Waals surface area contributed by atoms with E-state index in [0.29, 0.717) is 0 Å². The number of rotatable bonds is 9. The Labute approximate surface area is 375 Å². The van der Waals surface area contributed by atoms with Gasteiger partial charge in [0.1, 0.15) is 0 Å². The number of para-hydroxylation sites is 1. The molecule has 2 aliphatic carbocycles. The second-order valence-corrected chi connectivity index (χ2v) is 16.8. The van der Waals surface area contributed by atoms with E-state index in [1.165, 1.54) is 77.3 Å². The van der Waals surface area contributed by atoms with E-state index in [1.807, 2.05) is 0 Å². The van der Waals surface area contributed by atoms with Crippen LogP contribution in [0.5, 0.6) is 0 Å². The first-order chi connectivity index (χ1) is 31.7. The molecule has 2 aliphatic rings. The molecule has 2 nitrogen and oxygen atoms in total. The standard InChI is InChI=1S/C62H44N2/c1-4-15-43(16-5-1)51-39-52(44-17-6-2-7-18-44)41-56(40-51)64(59-28-14-20-47-19-10-11-26-57(47)59)55-37-33-46(34-38-55)45-31-35-54(36-32-45)63(53-24-8-3-9-25-53)60-42-50-23-12-21-48-29-30-49-22-13-27-58(60)62(49)61(48)50/h1-20,23-42H,21-22H2. The molecule has 0 spiro atoms. The monoisotopic (exact) mass is 816 g/mol. The fraction of sp³-hybridized carbons (Fsp3) is 0.0323. The maximum absolute atomic E-state index is 2.43. The van der Waals surface area contributed by atoms with Crippen LogP contribution in [0.3, 0.4) is 0 Å². The fourth-order valence-corrected chi connectivity index (χ4v) is 9.97. The second kappa shape index (κ2) is 15.9. The Morgan fingerprint density at radius 1 is 0.312 bits per heavy atom. The fourth-order valence-electron chi connectivity index (χ4n) is 9.97. The zero-order valence-electron chi connectivity index (χ0n) is 35.4. The maximum Gasteiger partial charge on any atom is 0.0546 e. The summed E-state index contributed by atoms with van der Waals surface area (Å²) in [5.41, 5.74) is 19.3. The molecule has 0 saturated carbocycles.